The molecule has 0 saturated heterocycles. The summed E-state index contributed by atoms with van der Waals surface area (Å²) in [5, 5.41) is 0. The van der Waals surface area contributed by atoms with Crippen LogP contribution in [0.5, 0.6) is 34.5 Å². The molecule has 0 N–H and O–H groups in total. The van der Waals surface area contributed by atoms with E-state index in [0.29, 0.717) is 52.7 Å². The third-order valence-electron chi connectivity index (χ3n) is 6.46. The summed E-state index contributed by atoms with van der Waals surface area (Å²) >= 11 is 0. The average molecular weight is 483 g/mol. The molecule has 0 aliphatic heterocycles. The largest absolute Gasteiger partial charge is 0.493 e. The van der Waals surface area contributed by atoms with Crippen LogP contribution in [-0.2, 0) is 17.6 Å². The molecule has 7 heteroatoms. The van der Waals surface area contributed by atoms with Gasteiger partial charge >= 0.3 is 5.97 Å². The molecule has 2 aromatic rings. The summed E-state index contributed by atoms with van der Waals surface area (Å²) in [6, 6.07) is 3.84. The highest BCUT2D eigenvalue weighted by Gasteiger charge is 2.33. The Morgan fingerprint density at radius 3 is 1.89 bits per heavy atom. The number of esters is 1. The molecule has 0 radical (unpaired) electrons. The van der Waals surface area contributed by atoms with Crippen molar-refractivity contribution in [2.45, 2.75) is 33.6 Å². The van der Waals surface area contributed by atoms with Crippen molar-refractivity contribution < 1.29 is 33.2 Å². The van der Waals surface area contributed by atoms with Crippen molar-refractivity contribution in [3.8, 4) is 45.6 Å². The molecule has 0 aromatic heterocycles. The van der Waals surface area contributed by atoms with Crippen LogP contribution < -0.4 is 28.4 Å². The molecule has 3 rings (SSSR count). The lowest BCUT2D eigenvalue weighted by Gasteiger charge is -2.29. The molecule has 35 heavy (non-hydrogen) atoms. The smallest absolute Gasteiger partial charge is 0.338 e. The first-order valence-corrected chi connectivity index (χ1v) is 11.4. The fraction of sp³-hybridized carbons (Fsp3) is 0.393. The molecule has 0 bridgehead atoms. The number of rotatable bonds is 7. The highest BCUT2D eigenvalue weighted by molar-refractivity contribution is 5.94. The van der Waals surface area contributed by atoms with E-state index in [9.17, 15) is 4.79 Å². The highest BCUT2D eigenvalue weighted by Crippen LogP contribution is 2.55. The first-order chi connectivity index (χ1) is 16.8. The summed E-state index contributed by atoms with van der Waals surface area (Å²) in [5.74, 6) is 2.16. The topological polar surface area (TPSA) is 72.5 Å². The first-order valence-electron chi connectivity index (χ1n) is 11.4. The number of benzene rings is 2. The van der Waals surface area contributed by atoms with Crippen LogP contribution in [0.3, 0.4) is 0 Å². The van der Waals surface area contributed by atoms with E-state index in [2.05, 4.69) is 13.5 Å². The molecule has 1 aliphatic carbocycles. The normalized spacial score (nSPS) is 15.3. The average Bonchev–Trinajstić information content (AvgIpc) is 2.86. The van der Waals surface area contributed by atoms with E-state index in [1.54, 1.807) is 48.4 Å². The quantitative estimate of drug-likeness (QED) is 0.221. The Bertz CT molecular complexity index is 1180. The van der Waals surface area contributed by atoms with Gasteiger partial charge in [0.05, 0.1) is 35.5 Å². The number of allylic oxidation sites excluding steroid dienone is 2. The molecule has 188 valence electrons. The molecule has 1 aliphatic rings. The molecular weight excluding hydrogens is 448 g/mol. The van der Waals surface area contributed by atoms with Gasteiger partial charge in [-0.15, -0.1) is 0 Å². The van der Waals surface area contributed by atoms with E-state index in [0.717, 1.165) is 22.3 Å². The van der Waals surface area contributed by atoms with Crippen LogP contribution in [0, 0.1) is 5.92 Å². The van der Waals surface area contributed by atoms with Gasteiger partial charge in [0.25, 0.3) is 0 Å². The monoisotopic (exact) mass is 482 g/mol. The van der Waals surface area contributed by atoms with Crippen LogP contribution >= 0.6 is 0 Å². The van der Waals surface area contributed by atoms with E-state index < -0.39 is 5.97 Å². The minimum atomic E-state index is -0.484. The maximum absolute atomic E-state index is 13.0. The minimum Gasteiger partial charge on any atom is -0.493 e. The zero-order valence-corrected chi connectivity index (χ0v) is 21.8. The van der Waals surface area contributed by atoms with E-state index in [1.165, 1.54) is 7.11 Å². The fourth-order valence-electron chi connectivity index (χ4n) is 4.35. The third kappa shape index (κ3) is 4.67. The number of hydrogen-bond acceptors (Lipinski definition) is 7. The number of ether oxygens (including phenoxy) is 6. The molecule has 0 heterocycles. The number of methoxy groups -OCH3 is 5. The van der Waals surface area contributed by atoms with Crippen LogP contribution in [0.2, 0.25) is 0 Å². The Hall–Kier alpha value is -3.61. The van der Waals surface area contributed by atoms with Gasteiger partial charge < -0.3 is 28.4 Å². The molecule has 0 unspecified atom stereocenters. The molecule has 0 spiro atoms. The Kier molecular flexibility index (Phi) is 7.99. The number of carbonyl (C=O) groups is 1. The standard InChI is InChI=1S/C28H34O7/c1-10-15(2)28(29)35-27-23-19(14-21(31-6)25(27)33-8)12-17(4)16(3)11-18-13-20(30-5)24(32-7)26(34-9)22(18)23/h10,13-14,17H,3,11-12H2,1-2,4-9H3/b15-10-/t17-/m0/s1. The van der Waals surface area contributed by atoms with Crippen LogP contribution in [-0.4, -0.2) is 41.5 Å². The predicted molar refractivity (Wildman–Crippen MR) is 135 cm³/mol. The second-order valence-corrected chi connectivity index (χ2v) is 8.46. The number of hydrogen-bond donors (Lipinski definition) is 0. The van der Waals surface area contributed by atoms with Gasteiger partial charge in [0.15, 0.2) is 23.0 Å². The lowest BCUT2D eigenvalue weighted by Crippen LogP contribution is -2.16. The number of fused-ring (bicyclic) bond motifs is 3. The molecule has 0 fully saturated rings. The zero-order valence-electron chi connectivity index (χ0n) is 21.8. The predicted octanol–water partition coefficient (Wildman–Crippen LogP) is 5.56. The van der Waals surface area contributed by atoms with Crippen molar-refractivity contribution in [3.05, 3.63) is 47.1 Å². The Labute approximate surface area is 207 Å². The van der Waals surface area contributed by atoms with Gasteiger partial charge in [0.2, 0.25) is 11.5 Å². The van der Waals surface area contributed by atoms with Crippen molar-refractivity contribution in [1.29, 1.82) is 0 Å². The van der Waals surface area contributed by atoms with Gasteiger partial charge in [0.1, 0.15) is 0 Å². The van der Waals surface area contributed by atoms with Gasteiger partial charge in [-0.25, -0.2) is 4.79 Å². The molecule has 2 aromatic carbocycles. The molecule has 0 amide bonds. The Morgan fingerprint density at radius 1 is 0.857 bits per heavy atom. The summed E-state index contributed by atoms with van der Waals surface area (Å²) in [4.78, 5) is 13.0. The van der Waals surface area contributed by atoms with E-state index in [4.69, 9.17) is 28.4 Å². The maximum Gasteiger partial charge on any atom is 0.338 e. The van der Waals surface area contributed by atoms with Crippen molar-refractivity contribution in [3.63, 3.8) is 0 Å². The van der Waals surface area contributed by atoms with Gasteiger partial charge in [-0.05, 0) is 55.9 Å². The van der Waals surface area contributed by atoms with Crippen molar-refractivity contribution in [2.24, 2.45) is 5.92 Å². The van der Waals surface area contributed by atoms with Crippen LogP contribution in [0.15, 0.2) is 35.9 Å². The van der Waals surface area contributed by atoms with Crippen LogP contribution in [0.4, 0.5) is 0 Å². The minimum absolute atomic E-state index is 0.153. The summed E-state index contributed by atoms with van der Waals surface area (Å²) in [7, 11) is 7.79. The third-order valence-corrected chi connectivity index (χ3v) is 6.46. The van der Waals surface area contributed by atoms with Gasteiger partial charge in [-0.1, -0.05) is 25.2 Å². The Balaban J connectivity index is 2.54. The summed E-state index contributed by atoms with van der Waals surface area (Å²) < 4.78 is 34.6. The summed E-state index contributed by atoms with van der Waals surface area (Å²) in [6.07, 6.45) is 2.94. The van der Waals surface area contributed by atoms with Gasteiger partial charge in [0, 0.05) is 16.7 Å². The molecule has 0 saturated carbocycles. The molecule has 7 nitrogen and oxygen atoms in total. The summed E-state index contributed by atoms with van der Waals surface area (Å²) in [6.45, 7) is 9.95. The van der Waals surface area contributed by atoms with Crippen molar-refractivity contribution in [1.82, 2.24) is 0 Å². The lowest BCUT2D eigenvalue weighted by atomic mass is 9.80. The first kappa shape index (κ1) is 26.0. The SMILES string of the molecule is C=C1Cc2cc(OC)c(OC)c(OC)c2-c2c(cc(OC)c(OC)c2OC(=O)/C(C)=C\C)C[C@@H]1C. The fourth-order valence-corrected chi connectivity index (χ4v) is 4.35. The zero-order chi connectivity index (χ0) is 25.9. The Morgan fingerprint density at radius 2 is 1.37 bits per heavy atom. The van der Waals surface area contributed by atoms with E-state index in [1.807, 2.05) is 12.1 Å². The van der Waals surface area contributed by atoms with E-state index >= 15 is 0 Å². The van der Waals surface area contributed by atoms with Gasteiger partial charge in [-0.3, -0.25) is 0 Å². The highest BCUT2D eigenvalue weighted by atomic mass is 16.6. The molecule has 1 atom stereocenters. The van der Waals surface area contributed by atoms with E-state index in [-0.39, 0.29) is 11.7 Å². The number of carbonyl (C=O) groups excluding carboxylic acids is 1. The second kappa shape index (κ2) is 10.8. The summed E-state index contributed by atoms with van der Waals surface area (Å²) in [5.41, 5.74) is 4.76. The second-order valence-electron chi connectivity index (χ2n) is 8.46. The lowest BCUT2D eigenvalue weighted by molar-refractivity contribution is -0.130. The maximum atomic E-state index is 13.0. The van der Waals surface area contributed by atoms with Crippen molar-refractivity contribution >= 4 is 5.97 Å². The van der Waals surface area contributed by atoms with Crippen LogP contribution in [0.25, 0.3) is 11.1 Å². The van der Waals surface area contributed by atoms with Gasteiger partial charge in [-0.2, -0.15) is 0 Å². The van der Waals surface area contributed by atoms with Crippen molar-refractivity contribution in [2.75, 3.05) is 35.5 Å². The van der Waals surface area contributed by atoms with Crippen LogP contribution in [0.1, 0.15) is 31.9 Å². The molecular formula is C28H34O7.